The third-order valence-corrected chi connectivity index (χ3v) is 9.28. The van der Waals surface area contributed by atoms with E-state index in [4.69, 9.17) is 9.05 Å². The van der Waals surface area contributed by atoms with Crippen LogP contribution < -0.4 is 0 Å². The van der Waals surface area contributed by atoms with Gasteiger partial charge in [-0.25, -0.2) is 0 Å². The lowest BCUT2D eigenvalue weighted by molar-refractivity contribution is 0.263. The Morgan fingerprint density at radius 3 is 1.32 bits per heavy atom. The van der Waals surface area contributed by atoms with Gasteiger partial charge in [0.15, 0.2) is 0 Å². The maximum Gasteiger partial charge on any atom is 0.701 e. The summed E-state index contributed by atoms with van der Waals surface area (Å²) in [5.41, 5.74) is 0. The van der Waals surface area contributed by atoms with E-state index in [1.165, 1.54) is 0 Å². The molecule has 112 valence electrons. The van der Waals surface area contributed by atoms with Crippen LogP contribution in [0.5, 0.6) is 0 Å². The Balaban J connectivity index is 1.32. The van der Waals surface area contributed by atoms with Crippen molar-refractivity contribution >= 4 is 55.3 Å². The Labute approximate surface area is 146 Å². The molecule has 22 heavy (non-hydrogen) atoms. The molecule has 8 heteroatoms. The second-order valence-corrected chi connectivity index (χ2v) is 10.3. The van der Waals surface area contributed by atoms with Crippen LogP contribution in [-0.4, -0.2) is 9.54 Å². The summed E-state index contributed by atoms with van der Waals surface area (Å²) < 4.78 is 22.8. The molecule has 2 heterocycles. The van der Waals surface area contributed by atoms with Crippen molar-refractivity contribution in [3.8, 4) is 0 Å². The highest BCUT2D eigenvalue weighted by molar-refractivity contribution is 8.20. The van der Waals surface area contributed by atoms with E-state index >= 15 is 0 Å². The van der Waals surface area contributed by atoms with Gasteiger partial charge in [0.2, 0.25) is 9.54 Å². The first-order valence-electron chi connectivity index (χ1n) is 6.43. The zero-order valence-corrected chi connectivity index (χ0v) is 15.2. The molecule has 4 rings (SSSR count). The molecular weight excluding hydrogens is 375 g/mol. The van der Waals surface area contributed by atoms with E-state index in [9.17, 15) is 4.57 Å². The molecule has 0 aromatic heterocycles. The van der Waals surface area contributed by atoms with Crippen molar-refractivity contribution in [1.29, 1.82) is 0 Å². The molecule has 0 aliphatic carbocycles. The third kappa shape index (κ3) is 3.36. The van der Waals surface area contributed by atoms with Gasteiger partial charge in [-0.05, 0) is 24.3 Å². The molecule has 0 bridgehead atoms. The Morgan fingerprint density at radius 2 is 1.00 bits per heavy atom. The fourth-order valence-corrected chi connectivity index (χ4v) is 8.27. The van der Waals surface area contributed by atoms with E-state index in [0.29, 0.717) is 0 Å². The molecule has 0 spiro atoms. The highest BCUT2D eigenvalue weighted by Crippen LogP contribution is 2.54. The fraction of sp³-hybridized carbons (Fsp3) is 0.143. The summed E-state index contributed by atoms with van der Waals surface area (Å²) >= 11 is 6.29. The number of rotatable bonds is 4. The minimum atomic E-state index is -2.14. The lowest BCUT2D eigenvalue weighted by Crippen LogP contribution is -1.98. The SMILES string of the molecule is O=[P+](OC1Sc2ccccc2S1)OC1Sc2ccccc2S1. The minimum Gasteiger partial charge on any atom is -0.0927 e. The summed E-state index contributed by atoms with van der Waals surface area (Å²) in [5.74, 6) is 0. The standard InChI is InChI=1S/C14H10O3PS4/c15-18(16-13-19-9-5-1-2-6-10(9)20-13)17-14-21-11-7-3-4-8-12(11)22-14/h1-8,13-14H/q+1. The van der Waals surface area contributed by atoms with Gasteiger partial charge in [-0.15, -0.1) is 0 Å². The zero-order chi connectivity index (χ0) is 14.9. The normalized spacial score (nSPS) is 17.5. The third-order valence-electron chi connectivity index (χ3n) is 2.94. The fourth-order valence-electron chi connectivity index (χ4n) is 2.00. The molecule has 2 aromatic rings. The molecular formula is C14H10O3PS4+. The molecule has 0 fully saturated rings. The van der Waals surface area contributed by atoms with Crippen LogP contribution in [0.3, 0.4) is 0 Å². The molecule has 0 N–H and O–H groups in total. The van der Waals surface area contributed by atoms with Gasteiger partial charge in [0.05, 0.1) is 0 Å². The summed E-state index contributed by atoms with van der Waals surface area (Å²) in [7, 11) is -2.14. The molecule has 0 unspecified atom stereocenters. The molecule has 0 atom stereocenters. The minimum absolute atomic E-state index is 0.209. The van der Waals surface area contributed by atoms with Crippen molar-refractivity contribution in [3.63, 3.8) is 0 Å². The van der Waals surface area contributed by atoms with Crippen molar-refractivity contribution in [2.75, 3.05) is 0 Å². The van der Waals surface area contributed by atoms with E-state index in [-0.39, 0.29) is 9.54 Å². The average molecular weight is 385 g/mol. The van der Waals surface area contributed by atoms with Crippen molar-refractivity contribution < 1.29 is 13.6 Å². The van der Waals surface area contributed by atoms with Crippen LogP contribution in [0.2, 0.25) is 0 Å². The predicted octanol–water partition coefficient (Wildman–Crippen LogP) is 6.04. The zero-order valence-electron chi connectivity index (χ0n) is 11.1. The summed E-state index contributed by atoms with van der Waals surface area (Å²) in [5, 5.41) is 0. The van der Waals surface area contributed by atoms with Crippen LogP contribution in [-0.2, 0) is 13.6 Å². The first kappa shape index (κ1) is 15.4. The molecule has 0 amide bonds. The maximum absolute atomic E-state index is 12.1. The van der Waals surface area contributed by atoms with Crippen LogP contribution in [0.25, 0.3) is 0 Å². The number of hydrogen-bond acceptors (Lipinski definition) is 7. The van der Waals surface area contributed by atoms with Crippen LogP contribution in [0.1, 0.15) is 0 Å². The Morgan fingerprint density at radius 1 is 0.682 bits per heavy atom. The molecule has 2 aliphatic rings. The van der Waals surface area contributed by atoms with Gasteiger partial charge >= 0.3 is 8.25 Å². The van der Waals surface area contributed by atoms with Crippen molar-refractivity contribution in [2.24, 2.45) is 0 Å². The van der Waals surface area contributed by atoms with Gasteiger partial charge < -0.3 is 0 Å². The second kappa shape index (κ2) is 6.77. The smallest absolute Gasteiger partial charge is 0.0927 e. The lowest BCUT2D eigenvalue weighted by Gasteiger charge is -2.00. The van der Waals surface area contributed by atoms with Gasteiger partial charge in [0, 0.05) is 24.1 Å². The van der Waals surface area contributed by atoms with Crippen LogP contribution >= 0.6 is 55.3 Å². The molecule has 0 saturated carbocycles. The summed E-state index contributed by atoms with van der Waals surface area (Å²) in [6, 6.07) is 16.2. The van der Waals surface area contributed by atoms with Gasteiger partial charge in [-0.1, -0.05) is 80.4 Å². The van der Waals surface area contributed by atoms with Gasteiger partial charge in [0.25, 0.3) is 0 Å². The number of benzene rings is 2. The lowest BCUT2D eigenvalue weighted by atomic mass is 10.4. The highest BCUT2D eigenvalue weighted by Gasteiger charge is 2.38. The van der Waals surface area contributed by atoms with Crippen molar-refractivity contribution in [3.05, 3.63) is 48.5 Å². The van der Waals surface area contributed by atoms with Crippen LogP contribution in [0.15, 0.2) is 68.1 Å². The van der Waals surface area contributed by atoms with Gasteiger partial charge in [-0.3, -0.25) is 0 Å². The number of fused-ring (bicyclic) bond motifs is 2. The van der Waals surface area contributed by atoms with Crippen molar-refractivity contribution in [1.82, 2.24) is 0 Å². The predicted molar refractivity (Wildman–Crippen MR) is 93.7 cm³/mol. The number of hydrogen-bond donors (Lipinski definition) is 0. The topological polar surface area (TPSA) is 35.5 Å². The van der Waals surface area contributed by atoms with Crippen LogP contribution in [0.4, 0.5) is 0 Å². The van der Waals surface area contributed by atoms with Crippen molar-refractivity contribution in [2.45, 2.75) is 29.1 Å². The highest BCUT2D eigenvalue weighted by atomic mass is 32.2. The van der Waals surface area contributed by atoms with E-state index < -0.39 is 8.25 Å². The van der Waals surface area contributed by atoms with E-state index in [2.05, 4.69) is 0 Å². The molecule has 2 aliphatic heterocycles. The van der Waals surface area contributed by atoms with E-state index in [1.807, 2.05) is 48.5 Å². The maximum atomic E-state index is 12.1. The van der Waals surface area contributed by atoms with Gasteiger partial charge in [0.1, 0.15) is 0 Å². The summed E-state index contributed by atoms with van der Waals surface area (Å²) in [6.45, 7) is 0. The molecule has 3 nitrogen and oxygen atoms in total. The van der Waals surface area contributed by atoms with E-state index in [1.54, 1.807) is 47.0 Å². The summed E-state index contributed by atoms with van der Waals surface area (Å²) in [4.78, 5) is 4.66. The Kier molecular flexibility index (Phi) is 4.74. The average Bonchev–Trinajstić information content (AvgIpc) is 3.08. The Bertz CT molecular complexity index is 617. The van der Waals surface area contributed by atoms with E-state index in [0.717, 1.165) is 19.6 Å². The largest absolute Gasteiger partial charge is 0.701 e. The Hall–Kier alpha value is -0.140. The monoisotopic (exact) mass is 385 g/mol. The second-order valence-electron chi connectivity index (χ2n) is 4.38. The number of thioether (sulfide) groups is 4. The first-order valence-corrected chi connectivity index (χ1v) is 11.0. The van der Waals surface area contributed by atoms with Crippen LogP contribution in [0, 0.1) is 0 Å². The van der Waals surface area contributed by atoms with Gasteiger partial charge in [-0.2, -0.15) is 0 Å². The molecule has 2 aromatic carbocycles. The summed E-state index contributed by atoms with van der Waals surface area (Å²) in [6.07, 6.45) is 0. The molecule has 0 radical (unpaired) electrons. The molecule has 0 saturated heterocycles. The quantitative estimate of drug-likeness (QED) is 0.594. The first-order chi connectivity index (χ1) is 10.8.